The molecule has 1 aromatic rings. The smallest absolute Gasteiger partial charge is 0.221 e. The van der Waals surface area contributed by atoms with Crippen LogP contribution in [0.2, 0.25) is 0 Å². The number of amides is 1. The van der Waals surface area contributed by atoms with Crippen molar-refractivity contribution < 1.29 is 4.79 Å². The lowest BCUT2D eigenvalue weighted by Crippen LogP contribution is -2.20. The van der Waals surface area contributed by atoms with Crippen molar-refractivity contribution in [3.8, 4) is 0 Å². The number of benzene rings is 1. The van der Waals surface area contributed by atoms with E-state index >= 15 is 0 Å². The fourth-order valence-electron chi connectivity index (χ4n) is 1.53. The molecule has 0 heterocycles. The summed E-state index contributed by atoms with van der Waals surface area (Å²) in [5, 5.41) is 6.15. The van der Waals surface area contributed by atoms with Gasteiger partial charge in [0.25, 0.3) is 0 Å². The minimum Gasteiger partial charge on any atom is -0.326 e. The largest absolute Gasteiger partial charge is 0.326 e. The molecule has 0 spiro atoms. The lowest BCUT2D eigenvalue weighted by Gasteiger charge is -2.15. The minimum absolute atomic E-state index is 0.0512. The SMILES string of the molecule is C=C(C)CNC(C)c1cccc(NC(C)=O)c1. The number of anilines is 1. The maximum absolute atomic E-state index is 11.0. The summed E-state index contributed by atoms with van der Waals surface area (Å²) < 4.78 is 0. The van der Waals surface area contributed by atoms with Crippen molar-refractivity contribution >= 4 is 11.6 Å². The molecule has 1 unspecified atom stereocenters. The van der Waals surface area contributed by atoms with Crippen LogP contribution in [-0.4, -0.2) is 12.5 Å². The zero-order chi connectivity index (χ0) is 12.8. The molecule has 1 amide bonds. The van der Waals surface area contributed by atoms with Crippen LogP contribution in [0.15, 0.2) is 36.4 Å². The Hall–Kier alpha value is -1.61. The summed E-state index contributed by atoms with van der Waals surface area (Å²) in [6.07, 6.45) is 0. The van der Waals surface area contributed by atoms with E-state index in [4.69, 9.17) is 0 Å². The molecule has 0 aliphatic rings. The zero-order valence-electron chi connectivity index (χ0n) is 10.7. The molecule has 0 fully saturated rings. The number of carbonyl (C=O) groups is 1. The second kappa shape index (κ2) is 6.21. The third-order valence-corrected chi connectivity index (χ3v) is 2.42. The zero-order valence-corrected chi connectivity index (χ0v) is 10.7. The van der Waals surface area contributed by atoms with Crippen LogP contribution in [0.4, 0.5) is 5.69 Å². The van der Waals surface area contributed by atoms with Gasteiger partial charge in [0.2, 0.25) is 5.91 Å². The first-order valence-corrected chi connectivity index (χ1v) is 5.74. The number of hydrogen-bond donors (Lipinski definition) is 2. The Balaban J connectivity index is 2.69. The first kappa shape index (κ1) is 13.5. The molecule has 0 aliphatic heterocycles. The van der Waals surface area contributed by atoms with Gasteiger partial charge in [-0.3, -0.25) is 4.79 Å². The Morgan fingerprint density at radius 3 is 2.71 bits per heavy atom. The van der Waals surface area contributed by atoms with E-state index in [2.05, 4.69) is 24.1 Å². The van der Waals surface area contributed by atoms with Gasteiger partial charge in [0.1, 0.15) is 0 Å². The number of hydrogen-bond acceptors (Lipinski definition) is 2. The Bertz CT molecular complexity index is 412. The van der Waals surface area contributed by atoms with Gasteiger partial charge in [-0.1, -0.05) is 24.3 Å². The average Bonchev–Trinajstić information content (AvgIpc) is 2.25. The molecule has 0 saturated heterocycles. The third-order valence-electron chi connectivity index (χ3n) is 2.42. The molecular weight excluding hydrogens is 212 g/mol. The Kier molecular flexibility index (Phi) is 4.91. The van der Waals surface area contributed by atoms with Crippen molar-refractivity contribution in [3.05, 3.63) is 42.0 Å². The fourth-order valence-corrected chi connectivity index (χ4v) is 1.53. The molecule has 0 bridgehead atoms. The molecule has 0 radical (unpaired) electrons. The summed E-state index contributed by atoms with van der Waals surface area (Å²) in [6.45, 7) is 10.3. The van der Waals surface area contributed by atoms with Gasteiger partial charge in [0, 0.05) is 25.2 Å². The number of carbonyl (C=O) groups excluding carboxylic acids is 1. The second-order valence-corrected chi connectivity index (χ2v) is 4.37. The Morgan fingerprint density at radius 1 is 1.41 bits per heavy atom. The highest BCUT2D eigenvalue weighted by molar-refractivity contribution is 5.88. The van der Waals surface area contributed by atoms with E-state index in [-0.39, 0.29) is 11.9 Å². The molecule has 0 aromatic heterocycles. The van der Waals surface area contributed by atoms with E-state index in [0.29, 0.717) is 0 Å². The van der Waals surface area contributed by atoms with Gasteiger partial charge in [0.05, 0.1) is 0 Å². The molecule has 3 heteroatoms. The van der Waals surface area contributed by atoms with Crippen molar-refractivity contribution in [3.63, 3.8) is 0 Å². The van der Waals surface area contributed by atoms with Crippen molar-refractivity contribution in [2.75, 3.05) is 11.9 Å². The molecule has 92 valence electrons. The fraction of sp³-hybridized carbons (Fsp3) is 0.357. The van der Waals surface area contributed by atoms with Crippen molar-refractivity contribution in [1.29, 1.82) is 0 Å². The van der Waals surface area contributed by atoms with Gasteiger partial charge in [-0.2, -0.15) is 0 Å². The van der Waals surface area contributed by atoms with Gasteiger partial charge >= 0.3 is 0 Å². The van der Waals surface area contributed by atoms with Crippen LogP contribution in [0.1, 0.15) is 32.4 Å². The highest BCUT2D eigenvalue weighted by Crippen LogP contribution is 2.17. The summed E-state index contributed by atoms with van der Waals surface area (Å²) >= 11 is 0. The summed E-state index contributed by atoms with van der Waals surface area (Å²) in [5.74, 6) is -0.0512. The maximum Gasteiger partial charge on any atom is 0.221 e. The van der Waals surface area contributed by atoms with Gasteiger partial charge < -0.3 is 10.6 Å². The molecule has 17 heavy (non-hydrogen) atoms. The monoisotopic (exact) mass is 232 g/mol. The highest BCUT2D eigenvalue weighted by Gasteiger charge is 2.05. The summed E-state index contributed by atoms with van der Waals surface area (Å²) in [6, 6.07) is 8.09. The molecule has 1 rings (SSSR count). The average molecular weight is 232 g/mol. The predicted octanol–water partition coefficient (Wildman–Crippen LogP) is 2.87. The van der Waals surface area contributed by atoms with E-state index in [9.17, 15) is 4.79 Å². The van der Waals surface area contributed by atoms with Crippen LogP contribution in [-0.2, 0) is 4.79 Å². The van der Waals surface area contributed by atoms with Crippen molar-refractivity contribution in [2.24, 2.45) is 0 Å². The Labute approximate surface area is 103 Å². The van der Waals surface area contributed by atoms with E-state index in [0.717, 1.165) is 23.4 Å². The van der Waals surface area contributed by atoms with Crippen LogP contribution in [0, 0.1) is 0 Å². The molecule has 0 saturated carbocycles. The van der Waals surface area contributed by atoms with Crippen LogP contribution in [0.25, 0.3) is 0 Å². The summed E-state index contributed by atoms with van der Waals surface area (Å²) in [7, 11) is 0. The predicted molar refractivity (Wildman–Crippen MR) is 72.0 cm³/mol. The highest BCUT2D eigenvalue weighted by atomic mass is 16.1. The van der Waals surface area contributed by atoms with E-state index < -0.39 is 0 Å². The van der Waals surface area contributed by atoms with Crippen LogP contribution in [0.3, 0.4) is 0 Å². The number of nitrogens with one attached hydrogen (secondary N) is 2. The minimum atomic E-state index is -0.0512. The molecular formula is C14H20N2O. The molecule has 0 aliphatic carbocycles. The van der Waals surface area contributed by atoms with Crippen LogP contribution < -0.4 is 10.6 Å². The van der Waals surface area contributed by atoms with Gasteiger partial charge in [-0.25, -0.2) is 0 Å². The topological polar surface area (TPSA) is 41.1 Å². The standard InChI is InChI=1S/C14H20N2O/c1-10(2)9-15-11(3)13-6-5-7-14(8-13)16-12(4)17/h5-8,11,15H,1,9H2,2-4H3,(H,16,17). The van der Waals surface area contributed by atoms with Crippen molar-refractivity contribution in [1.82, 2.24) is 5.32 Å². The summed E-state index contributed by atoms with van der Waals surface area (Å²) in [5.41, 5.74) is 3.09. The lowest BCUT2D eigenvalue weighted by molar-refractivity contribution is -0.114. The molecule has 1 aromatic carbocycles. The quantitative estimate of drug-likeness (QED) is 0.766. The lowest BCUT2D eigenvalue weighted by atomic mass is 10.1. The van der Waals surface area contributed by atoms with Crippen LogP contribution >= 0.6 is 0 Å². The van der Waals surface area contributed by atoms with E-state index in [1.54, 1.807) is 0 Å². The van der Waals surface area contributed by atoms with Crippen molar-refractivity contribution in [2.45, 2.75) is 26.8 Å². The summed E-state index contributed by atoms with van der Waals surface area (Å²) in [4.78, 5) is 11.0. The first-order valence-electron chi connectivity index (χ1n) is 5.74. The number of rotatable bonds is 5. The van der Waals surface area contributed by atoms with Crippen LogP contribution in [0.5, 0.6) is 0 Å². The third kappa shape index (κ3) is 4.83. The normalized spacial score (nSPS) is 11.9. The second-order valence-electron chi connectivity index (χ2n) is 4.37. The van der Waals surface area contributed by atoms with Gasteiger partial charge in [-0.15, -0.1) is 0 Å². The Morgan fingerprint density at radius 2 is 2.12 bits per heavy atom. The molecule has 1 atom stereocenters. The first-order chi connectivity index (χ1) is 7.99. The molecule has 3 nitrogen and oxygen atoms in total. The van der Waals surface area contributed by atoms with E-state index in [1.807, 2.05) is 31.2 Å². The van der Waals surface area contributed by atoms with Gasteiger partial charge in [-0.05, 0) is 31.5 Å². The maximum atomic E-state index is 11.0. The molecule has 2 N–H and O–H groups in total. The van der Waals surface area contributed by atoms with E-state index in [1.165, 1.54) is 6.92 Å². The van der Waals surface area contributed by atoms with Gasteiger partial charge in [0.15, 0.2) is 0 Å².